The van der Waals surface area contributed by atoms with Gasteiger partial charge in [-0.15, -0.1) is 0 Å². The second-order valence-corrected chi connectivity index (χ2v) is 10.4. The number of hydrogen-bond acceptors (Lipinski definition) is 4. The molecule has 186 valence electrons. The highest BCUT2D eigenvalue weighted by molar-refractivity contribution is 6.30. The highest BCUT2D eigenvalue weighted by Crippen LogP contribution is 2.40. The molecule has 6 nitrogen and oxygen atoms in total. The molecule has 2 fully saturated rings. The standard InChI is InChI=1S/C26H42ClN3O3/c1-28-18-24(16-20-8-3-2-4-9-20)29-25(32)30-14-6-11-22(19-30)26(33,13-7-15-31)21-10-5-12-23(27)17-21/h5,10,12,17,20,22,24,28,31,33H,2-4,6-9,11,13-16,18-19H2,1H3,(H,29,32)/t22-,24+,26-/m1/s1. The van der Waals surface area contributed by atoms with Gasteiger partial charge in [0, 0.05) is 43.2 Å². The van der Waals surface area contributed by atoms with E-state index >= 15 is 0 Å². The molecule has 1 heterocycles. The number of aliphatic hydroxyl groups is 2. The van der Waals surface area contributed by atoms with E-state index in [0.717, 1.165) is 31.4 Å². The number of carbonyl (C=O) groups excluding carboxylic acids is 1. The van der Waals surface area contributed by atoms with Gasteiger partial charge >= 0.3 is 6.03 Å². The maximum atomic E-state index is 13.2. The van der Waals surface area contributed by atoms with Gasteiger partial charge in [0.1, 0.15) is 0 Å². The van der Waals surface area contributed by atoms with Crippen LogP contribution >= 0.6 is 11.6 Å². The lowest BCUT2D eigenvalue weighted by Crippen LogP contribution is -2.54. The Hall–Kier alpha value is -1.34. The summed E-state index contributed by atoms with van der Waals surface area (Å²) in [6.07, 6.45) is 10.1. The molecule has 2 aliphatic rings. The summed E-state index contributed by atoms with van der Waals surface area (Å²) in [6.45, 7) is 1.98. The topological polar surface area (TPSA) is 84.8 Å². The van der Waals surface area contributed by atoms with Crippen LogP contribution in [0, 0.1) is 11.8 Å². The van der Waals surface area contributed by atoms with Crippen molar-refractivity contribution >= 4 is 17.6 Å². The van der Waals surface area contributed by atoms with Crippen molar-refractivity contribution in [1.82, 2.24) is 15.5 Å². The molecule has 0 aromatic heterocycles. The largest absolute Gasteiger partial charge is 0.396 e. The van der Waals surface area contributed by atoms with E-state index in [1.807, 2.05) is 30.1 Å². The third kappa shape index (κ3) is 7.32. The van der Waals surface area contributed by atoms with E-state index < -0.39 is 5.60 Å². The van der Waals surface area contributed by atoms with Gasteiger partial charge in [-0.25, -0.2) is 4.79 Å². The third-order valence-corrected chi connectivity index (χ3v) is 7.78. The fraction of sp³-hybridized carbons (Fsp3) is 0.731. The predicted molar refractivity (Wildman–Crippen MR) is 133 cm³/mol. The Morgan fingerprint density at radius 2 is 2.03 bits per heavy atom. The van der Waals surface area contributed by atoms with Crippen LogP contribution in [-0.4, -0.2) is 60.5 Å². The Bertz CT molecular complexity index is 743. The van der Waals surface area contributed by atoms with Gasteiger partial charge in [-0.05, 0) is 62.8 Å². The van der Waals surface area contributed by atoms with Crippen molar-refractivity contribution in [3.63, 3.8) is 0 Å². The summed E-state index contributed by atoms with van der Waals surface area (Å²) in [5.41, 5.74) is -0.361. The molecule has 33 heavy (non-hydrogen) atoms. The van der Waals surface area contributed by atoms with Gasteiger partial charge in [0.2, 0.25) is 0 Å². The molecule has 1 aliphatic heterocycles. The molecule has 3 atom stereocenters. The van der Waals surface area contributed by atoms with E-state index in [4.69, 9.17) is 11.6 Å². The fourth-order valence-corrected chi connectivity index (χ4v) is 5.96. The maximum absolute atomic E-state index is 13.2. The first-order valence-electron chi connectivity index (χ1n) is 12.8. The van der Waals surface area contributed by atoms with E-state index in [0.29, 0.717) is 36.9 Å². The Kier molecular flexibility index (Phi) is 10.3. The number of benzene rings is 1. The van der Waals surface area contributed by atoms with E-state index in [1.54, 1.807) is 6.07 Å². The molecule has 1 saturated carbocycles. The minimum Gasteiger partial charge on any atom is -0.396 e. The van der Waals surface area contributed by atoms with Crippen molar-refractivity contribution in [1.29, 1.82) is 0 Å². The zero-order chi connectivity index (χ0) is 23.7. The minimum absolute atomic E-state index is 0.0205. The summed E-state index contributed by atoms with van der Waals surface area (Å²) < 4.78 is 0. The number of likely N-dealkylation sites (tertiary alicyclic amines) is 1. The normalized spacial score (nSPS) is 22.5. The molecule has 2 amide bonds. The average molecular weight is 480 g/mol. The van der Waals surface area contributed by atoms with Crippen LogP contribution < -0.4 is 10.6 Å². The number of hydrogen-bond donors (Lipinski definition) is 4. The third-order valence-electron chi connectivity index (χ3n) is 7.55. The first-order valence-corrected chi connectivity index (χ1v) is 13.1. The van der Waals surface area contributed by atoms with E-state index in [2.05, 4.69) is 10.6 Å². The van der Waals surface area contributed by atoms with Crippen molar-refractivity contribution in [2.75, 3.05) is 33.3 Å². The maximum Gasteiger partial charge on any atom is 0.317 e. The van der Waals surface area contributed by atoms with Crippen LogP contribution in [0.15, 0.2) is 24.3 Å². The van der Waals surface area contributed by atoms with Crippen molar-refractivity contribution in [2.45, 2.75) is 75.9 Å². The number of aliphatic hydroxyl groups excluding tert-OH is 1. The van der Waals surface area contributed by atoms with Gasteiger partial charge in [0.15, 0.2) is 0 Å². The summed E-state index contributed by atoms with van der Waals surface area (Å²) in [5, 5.41) is 28.3. The Morgan fingerprint density at radius 3 is 2.73 bits per heavy atom. The molecule has 4 N–H and O–H groups in total. The highest BCUT2D eigenvalue weighted by Gasteiger charge is 2.41. The second kappa shape index (κ2) is 12.9. The van der Waals surface area contributed by atoms with Crippen LogP contribution in [0.2, 0.25) is 5.02 Å². The zero-order valence-electron chi connectivity index (χ0n) is 20.1. The quantitative estimate of drug-likeness (QED) is 0.403. The van der Waals surface area contributed by atoms with E-state index in [-0.39, 0.29) is 24.6 Å². The predicted octanol–water partition coefficient (Wildman–Crippen LogP) is 4.28. The first kappa shape index (κ1) is 26.3. The van der Waals surface area contributed by atoms with Crippen molar-refractivity contribution in [2.24, 2.45) is 11.8 Å². The van der Waals surface area contributed by atoms with Crippen molar-refractivity contribution in [3.05, 3.63) is 34.9 Å². The molecule has 0 spiro atoms. The molecule has 3 rings (SSSR count). The molecule has 1 aliphatic carbocycles. The number of carbonyl (C=O) groups is 1. The number of urea groups is 1. The molecule has 1 aromatic rings. The van der Waals surface area contributed by atoms with Crippen LogP contribution in [0.3, 0.4) is 0 Å². The molecule has 1 aromatic carbocycles. The van der Waals surface area contributed by atoms with E-state index in [9.17, 15) is 15.0 Å². The monoisotopic (exact) mass is 479 g/mol. The van der Waals surface area contributed by atoms with Gasteiger partial charge in [0.05, 0.1) is 5.60 Å². The Balaban J connectivity index is 1.68. The van der Waals surface area contributed by atoms with Gasteiger partial charge in [-0.2, -0.15) is 0 Å². The number of likely N-dealkylation sites (N-methyl/N-ethyl adjacent to an activating group) is 1. The number of rotatable bonds is 10. The lowest BCUT2D eigenvalue weighted by molar-refractivity contribution is -0.0576. The highest BCUT2D eigenvalue weighted by atomic mass is 35.5. The molecule has 0 bridgehead atoms. The summed E-state index contributed by atoms with van der Waals surface area (Å²) in [6, 6.07) is 7.44. The molecule has 0 radical (unpaired) electrons. The van der Waals surface area contributed by atoms with Crippen LogP contribution in [0.1, 0.15) is 69.8 Å². The lowest BCUT2D eigenvalue weighted by Gasteiger charge is -2.43. The zero-order valence-corrected chi connectivity index (χ0v) is 20.8. The molecule has 1 saturated heterocycles. The number of halogens is 1. The van der Waals surface area contributed by atoms with Crippen molar-refractivity contribution < 1.29 is 15.0 Å². The lowest BCUT2D eigenvalue weighted by atomic mass is 9.74. The fourth-order valence-electron chi connectivity index (χ4n) is 5.77. The van der Waals surface area contributed by atoms with Gasteiger partial charge < -0.3 is 25.7 Å². The van der Waals surface area contributed by atoms with Crippen LogP contribution in [0.25, 0.3) is 0 Å². The van der Waals surface area contributed by atoms with E-state index in [1.165, 1.54) is 32.1 Å². The number of nitrogens with zero attached hydrogens (tertiary/aromatic N) is 1. The Morgan fingerprint density at radius 1 is 1.24 bits per heavy atom. The molecular formula is C26H42ClN3O3. The van der Waals surface area contributed by atoms with Crippen LogP contribution in [0.4, 0.5) is 4.79 Å². The SMILES string of the molecule is CNC[C@H](CC1CCCCC1)NC(=O)N1CCC[C@@H]([C@@](O)(CCCO)c2cccc(Cl)c2)C1. The van der Waals surface area contributed by atoms with Gasteiger partial charge in [0.25, 0.3) is 0 Å². The van der Waals surface area contributed by atoms with Crippen LogP contribution in [0.5, 0.6) is 0 Å². The summed E-state index contributed by atoms with van der Waals surface area (Å²) in [4.78, 5) is 15.1. The van der Waals surface area contributed by atoms with Crippen molar-refractivity contribution in [3.8, 4) is 0 Å². The minimum atomic E-state index is -1.13. The smallest absolute Gasteiger partial charge is 0.317 e. The second-order valence-electron chi connectivity index (χ2n) is 9.99. The van der Waals surface area contributed by atoms with Gasteiger partial charge in [-0.3, -0.25) is 0 Å². The number of piperidine rings is 1. The number of nitrogens with one attached hydrogen (secondary N) is 2. The summed E-state index contributed by atoms with van der Waals surface area (Å²) in [5.74, 6) is 0.584. The molecular weight excluding hydrogens is 438 g/mol. The molecule has 7 heteroatoms. The average Bonchev–Trinajstić information content (AvgIpc) is 2.83. The van der Waals surface area contributed by atoms with Crippen LogP contribution in [-0.2, 0) is 5.60 Å². The summed E-state index contributed by atoms with van der Waals surface area (Å²) in [7, 11) is 1.93. The van der Waals surface area contributed by atoms with Gasteiger partial charge in [-0.1, -0.05) is 55.8 Å². The Labute approximate surface area is 204 Å². The number of amides is 2. The molecule has 0 unspecified atom stereocenters. The first-order chi connectivity index (χ1) is 16.0. The summed E-state index contributed by atoms with van der Waals surface area (Å²) >= 11 is 6.23.